The number of rotatable bonds is 6. The van der Waals surface area contributed by atoms with Crippen LogP contribution in [0.1, 0.15) is 18.1 Å². The standard InChI is InChI=1S/C24H21ClN4O2S/c1-15-7-12-21(26-13-15)29-23(31)19-5-3-4-6-20(19)28-24(29)32-16(2)22(30)27-14-17-8-10-18(25)11-9-17/h3-13,16H,14H2,1-2H3,(H,27,30). The summed E-state index contributed by atoms with van der Waals surface area (Å²) in [4.78, 5) is 35.1. The van der Waals surface area contributed by atoms with Gasteiger partial charge in [0, 0.05) is 17.8 Å². The lowest BCUT2D eigenvalue weighted by Crippen LogP contribution is -2.31. The molecule has 0 aliphatic heterocycles. The van der Waals surface area contributed by atoms with E-state index < -0.39 is 5.25 Å². The number of aryl methyl sites for hydroxylation is 1. The van der Waals surface area contributed by atoms with E-state index in [1.165, 1.54) is 16.3 Å². The number of amides is 1. The van der Waals surface area contributed by atoms with Gasteiger partial charge in [-0.2, -0.15) is 0 Å². The summed E-state index contributed by atoms with van der Waals surface area (Å²) >= 11 is 7.14. The van der Waals surface area contributed by atoms with Crippen molar-refractivity contribution in [2.45, 2.75) is 30.8 Å². The number of hydrogen-bond donors (Lipinski definition) is 1. The van der Waals surface area contributed by atoms with Crippen molar-refractivity contribution in [1.82, 2.24) is 19.9 Å². The topological polar surface area (TPSA) is 76.9 Å². The van der Waals surface area contributed by atoms with E-state index >= 15 is 0 Å². The number of hydrogen-bond acceptors (Lipinski definition) is 5. The lowest BCUT2D eigenvalue weighted by Gasteiger charge is -2.16. The molecule has 4 rings (SSSR count). The number of pyridine rings is 1. The van der Waals surface area contributed by atoms with Crippen molar-refractivity contribution in [3.05, 3.63) is 93.4 Å². The number of aromatic nitrogens is 3. The highest BCUT2D eigenvalue weighted by atomic mass is 35.5. The van der Waals surface area contributed by atoms with Crippen LogP contribution < -0.4 is 10.9 Å². The monoisotopic (exact) mass is 464 g/mol. The fourth-order valence-corrected chi connectivity index (χ4v) is 4.20. The molecule has 6 nitrogen and oxygen atoms in total. The van der Waals surface area contributed by atoms with Crippen LogP contribution in [0.3, 0.4) is 0 Å². The predicted molar refractivity (Wildman–Crippen MR) is 128 cm³/mol. The summed E-state index contributed by atoms with van der Waals surface area (Å²) in [5.41, 5.74) is 2.30. The maximum absolute atomic E-state index is 13.3. The molecule has 1 N–H and O–H groups in total. The SMILES string of the molecule is Cc1ccc(-n2c(SC(C)C(=O)NCc3ccc(Cl)cc3)nc3ccccc3c2=O)nc1. The average molecular weight is 465 g/mol. The zero-order valence-electron chi connectivity index (χ0n) is 17.6. The highest BCUT2D eigenvalue weighted by molar-refractivity contribution is 8.00. The molecule has 2 aromatic heterocycles. The Kier molecular flexibility index (Phi) is 6.58. The van der Waals surface area contributed by atoms with Crippen molar-refractivity contribution in [2.75, 3.05) is 0 Å². The minimum absolute atomic E-state index is 0.157. The molecule has 2 heterocycles. The summed E-state index contributed by atoms with van der Waals surface area (Å²) in [6.07, 6.45) is 1.70. The number of benzene rings is 2. The molecule has 162 valence electrons. The summed E-state index contributed by atoms with van der Waals surface area (Å²) in [7, 11) is 0. The van der Waals surface area contributed by atoms with Crippen LogP contribution in [0.15, 0.2) is 76.8 Å². The Bertz CT molecular complexity index is 1320. The third kappa shape index (κ3) is 4.84. The van der Waals surface area contributed by atoms with Gasteiger partial charge in [0.2, 0.25) is 5.91 Å². The molecular formula is C24H21ClN4O2S. The molecule has 0 spiro atoms. The molecule has 0 saturated heterocycles. The Morgan fingerprint density at radius 2 is 1.88 bits per heavy atom. The van der Waals surface area contributed by atoms with Crippen molar-refractivity contribution in [3.63, 3.8) is 0 Å². The van der Waals surface area contributed by atoms with Crippen molar-refractivity contribution >= 4 is 40.2 Å². The molecule has 1 amide bonds. The zero-order valence-corrected chi connectivity index (χ0v) is 19.2. The van der Waals surface area contributed by atoms with Gasteiger partial charge in [-0.1, -0.05) is 53.7 Å². The van der Waals surface area contributed by atoms with Crippen LogP contribution in [-0.4, -0.2) is 25.7 Å². The number of carbonyl (C=O) groups is 1. The molecular weight excluding hydrogens is 444 g/mol. The van der Waals surface area contributed by atoms with Gasteiger partial charge in [-0.25, -0.2) is 14.5 Å². The van der Waals surface area contributed by atoms with Crippen molar-refractivity contribution < 1.29 is 4.79 Å². The van der Waals surface area contributed by atoms with E-state index in [0.717, 1.165) is 11.1 Å². The van der Waals surface area contributed by atoms with Crippen molar-refractivity contribution in [2.24, 2.45) is 0 Å². The second-order valence-electron chi connectivity index (χ2n) is 7.35. The molecule has 0 bridgehead atoms. The quantitative estimate of drug-likeness (QED) is 0.335. The summed E-state index contributed by atoms with van der Waals surface area (Å²) < 4.78 is 1.47. The summed E-state index contributed by atoms with van der Waals surface area (Å²) in [6, 6.07) is 18.1. The van der Waals surface area contributed by atoms with Gasteiger partial charge in [0.15, 0.2) is 5.16 Å². The van der Waals surface area contributed by atoms with Crippen LogP contribution in [0.2, 0.25) is 5.02 Å². The summed E-state index contributed by atoms with van der Waals surface area (Å²) in [5.74, 6) is 0.311. The van der Waals surface area contributed by atoms with E-state index in [-0.39, 0.29) is 11.5 Å². The van der Waals surface area contributed by atoms with Crippen LogP contribution in [0, 0.1) is 6.92 Å². The normalized spacial score (nSPS) is 12.0. The van der Waals surface area contributed by atoms with Crippen molar-refractivity contribution in [3.8, 4) is 5.82 Å². The molecule has 0 saturated carbocycles. The van der Waals surface area contributed by atoms with Crippen LogP contribution in [0.4, 0.5) is 0 Å². The minimum Gasteiger partial charge on any atom is -0.351 e. The summed E-state index contributed by atoms with van der Waals surface area (Å²) in [6.45, 7) is 4.11. The van der Waals surface area contributed by atoms with Gasteiger partial charge in [-0.05, 0) is 55.3 Å². The third-order valence-corrected chi connectivity index (χ3v) is 6.21. The number of halogens is 1. The lowest BCUT2D eigenvalue weighted by molar-refractivity contribution is -0.120. The first-order valence-electron chi connectivity index (χ1n) is 10.1. The average Bonchev–Trinajstić information content (AvgIpc) is 2.79. The van der Waals surface area contributed by atoms with Crippen molar-refractivity contribution in [1.29, 1.82) is 0 Å². The van der Waals surface area contributed by atoms with E-state index in [4.69, 9.17) is 11.6 Å². The number of para-hydroxylation sites is 1. The first-order chi connectivity index (χ1) is 15.4. The molecule has 1 atom stereocenters. The van der Waals surface area contributed by atoms with Gasteiger partial charge in [0.1, 0.15) is 5.82 Å². The first kappa shape index (κ1) is 22.0. The maximum Gasteiger partial charge on any atom is 0.267 e. The molecule has 8 heteroatoms. The highest BCUT2D eigenvalue weighted by Crippen LogP contribution is 2.25. The predicted octanol–water partition coefficient (Wildman–Crippen LogP) is 4.54. The van der Waals surface area contributed by atoms with E-state index in [1.54, 1.807) is 49.5 Å². The van der Waals surface area contributed by atoms with E-state index in [1.807, 2.05) is 31.2 Å². The fraction of sp³-hybridized carbons (Fsp3) is 0.167. The molecule has 1 unspecified atom stereocenters. The Morgan fingerprint density at radius 3 is 2.59 bits per heavy atom. The largest absolute Gasteiger partial charge is 0.351 e. The van der Waals surface area contributed by atoms with E-state index in [9.17, 15) is 9.59 Å². The van der Waals surface area contributed by atoms with Crippen LogP contribution in [0.25, 0.3) is 16.7 Å². The van der Waals surface area contributed by atoms with Gasteiger partial charge in [0.25, 0.3) is 5.56 Å². The number of nitrogens with zero attached hydrogens (tertiary/aromatic N) is 3. The Balaban J connectivity index is 1.63. The second kappa shape index (κ2) is 9.54. The van der Waals surface area contributed by atoms with Gasteiger partial charge >= 0.3 is 0 Å². The Labute approximate surface area is 194 Å². The number of carbonyl (C=O) groups excluding carboxylic acids is 1. The van der Waals surface area contributed by atoms with E-state index in [2.05, 4.69) is 15.3 Å². The fourth-order valence-electron chi connectivity index (χ4n) is 3.13. The molecule has 0 aliphatic carbocycles. The Morgan fingerprint density at radius 1 is 1.12 bits per heavy atom. The third-order valence-electron chi connectivity index (χ3n) is 4.90. The molecule has 32 heavy (non-hydrogen) atoms. The van der Waals surface area contributed by atoms with Gasteiger partial charge in [-0.3, -0.25) is 9.59 Å². The summed E-state index contributed by atoms with van der Waals surface area (Å²) in [5, 5.41) is 4.01. The van der Waals surface area contributed by atoms with E-state index in [0.29, 0.717) is 33.4 Å². The first-order valence-corrected chi connectivity index (χ1v) is 11.3. The minimum atomic E-state index is -0.480. The molecule has 0 radical (unpaired) electrons. The zero-order chi connectivity index (χ0) is 22.7. The molecule has 2 aromatic carbocycles. The maximum atomic E-state index is 13.3. The van der Waals surface area contributed by atoms with Crippen LogP contribution >= 0.6 is 23.4 Å². The number of thioether (sulfide) groups is 1. The molecule has 0 aliphatic rings. The van der Waals surface area contributed by atoms with Gasteiger partial charge < -0.3 is 5.32 Å². The highest BCUT2D eigenvalue weighted by Gasteiger charge is 2.20. The number of nitrogens with one attached hydrogen (secondary N) is 1. The second-order valence-corrected chi connectivity index (χ2v) is 9.09. The molecule has 0 fully saturated rings. The van der Waals surface area contributed by atoms with Gasteiger partial charge in [0.05, 0.1) is 16.2 Å². The van der Waals surface area contributed by atoms with Crippen LogP contribution in [-0.2, 0) is 11.3 Å². The molecule has 4 aromatic rings. The van der Waals surface area contributed by atoms with Crippen LogP contribution in [0.5, 0.6) is 0 Å². The lowest BCUT2D eigenvalue weighted by atomic mass is 10.2. The smallest absolute Gasteiger partial charge is 0.267 e. The number of fused-ring (bicyclic) bond motifs is 1. The Hall–Kier alpha value is -3.16. The van der Waals surface area contributed by atoms with Gasteiger partial charge in [-0.15, -0.1) is 0 Å².